The number of hydrogen-bond acceptors (Lipinski definition) is 6. The smallest absolute Gasteiger partial charge is 0.407 e. The number of alkyl carbamates (subject to hydrolysis) is 1. The molecule has 0 saturated carbocycles. The number of ether oxygens (including phenoxy) is 1. The van der Waals surface area contributed by atoms with E-state index in [0.29, 0.717) is 13.1 Å². The summed E-state index contributed by atoms with van der Waals surface area (Å²) >= 11 is 0. The van der Waals surface area contributed by atoms with E-state index < -0.39 is 17.2 Å². The molecule has 0 spiro atoms. The van der Waals surface area contributed by atoms with Crippen LogP contribution in [0.25, 0.3) is 11.1 Å². The molecule has 2 unspecified atom stereocenters. The highest BCUT2D eigenvalue weighted by Crippen LogP contribution is 2.48. The quantitative estimate of drug-likeness (QED) is 0.513. The second-order valence-electron chi connectivity index (χ2n) is 10.9. The number of rotatable bonds is 4. The number of anilines is 1. The summed E-state index contributed by atoms with van der Waals surface area (Å²) < 4.78 is 10.9. The predicted octanol–water partition coefficient (Wildman–Crippen LogP) is 5.14. The molecule has 2 atom stereocenters. The Morgan fingerprint density at radius 2 is 1.95 bits per heavy atom. The van der Waals surface area contributed by atoms with Gasteiger partial charge in [0, 0.05) is 29.4 Å². The standard InChI is InChI=1S/C29H34N4O4/c1-18-25(19(2)37-32-18)20-13-14-24-23(16-20)29(26(34)31-24,21-10-7-6-8-11-21)33-15-9-12-22(17-33)30-27(35)36-28(3,4)5/h6-8,10-11,13-14,16,22H,9,12,15,17H2,1-5H3,(H,30,35)(H,31,34). The minimum absolute atomic E-state index is 0.0949. The van der Waals surface area contributed by atoms with Gasteiger partial charge in [-0.2, -0.15) is 0 Å². The summed E-state index contributed by atoms with van der Waals surface area (Å²) in [6, 6.07) is 15.8. The molecule has 5 rings (SSSR count). The molecular weight excluding hydrogens is 468 g/mol. The Morgan fingerprint density at radius 1 is 1.19 bits per heavy atom. The molecule has 0 bridgehead atoms. The number of carbonyl (C=O) groups excluding carboxylic acids is 2. The van der Waals surface area contributed by atoms with Crippen molar-refractivity contribution in [3.63, 3.8) is 0 Å². The number of hydrogen-bond donors (Lipinski definition) is 2. The number of likely N-dealkylation sites (tertiary alicyclic amines) is 1. The van der Waals surface area contributed by atoms with Crippen molar-refractivity contribution in [1.29, 1.82) is 0 Å². The molecule has 0 radical (unpaired) electrons. The summed E-state index contributed by atoms with van der Waals surface area (Å²) in [6.07, 6.45) is 1.21. The number of nitrogens with one attached hydrogen (secondary N) is 2. The normalized spacial score (nSPS) is 21.9. The molecule has 2 aromatic carbocycles. The van der Waals surface area contributed by atoms with Gasteiger partial charge in [0.1, 0.15) is 11.4 Å². The van der Waals surface area contributed by atoms with E-state index in [2.05, 4.69) is 26.8 Å². The highest BCUT2D eigenvalue weighted by molar-refractivity contribution is 6.09. The number of amides is 2. The average molecular weight is 503 g/mol. The summed E-state index contributed by atoms with van der Waals surface area (Å²) in [5.74, 6) is 0.641. The third-order valence-electron chi connectivity index (χ3n) is 7.12. The van der Waals surface area contributed by atoms with Gasteiger partial charge in [-0.3, -0.25) is 9.69 Å². The molecule has 8 nitrogen and oxygen atoms in total. The summed E-state index contributed by atoms with van der Waals surface area (Å²) in [5.41, 5.74) is 3.63. The Bertz CT molecular complexity index is 1310. The summed E-state index contributed by atoms with van der Waals surface area (Å²) in [4.78, 5) is 28.8. The van der Waals surface area contributed by atoms with E-state index in [1.807, 2.05) is 77.1 Å². The lowest BCUT2D eigenvalue weighted by atomic mass is 9.79. The number of carbonyl (C=O) groups is 2. The van der Waals surface area contributed by atoms with Gasteiger partial charge in [0.2, 0.25) is 0 Å². The van der Waals surface area contributed by atoms with E-state index >= 15 is 0 Å². The maximum Gasteiger partial charge on any atom is 0.407 e. The van der Waals surface area contributed by atoms with Crippen molar-refractivity contribution in [3.8, 4) is 11.1 Å². The number of benzene rings is 2. The maximum atomic E-state index is 14.0. The fourth-order valence-corrected chi connectivity index (χ4v) is 5.67. The van der Waals surface area contributed by atoms with Crippen LogP contribution >= 0.6 is 0 Å². The van der Waals surface area contributed by atoms with Crippen LogP contribution in [0.4, 0.5) is 10.5 Å². The Hall–Kier alpha value is -3.65. The third-order valence-corrected chi connectivity index (χ3v) is 7.12. The van der Waals surface area contributed by atoms with Crippen molar-refractivity contribution in [2.45, 2.75) is 64.6 Å². The van der Waals surface area contributed by atoms with Crippen LogP contribution in [-0.2, 0) is 15.1 Å². The monoisotopic (exact) mass is 502 g/mol. The molecule has 3 heterocycles. The number of fused-ring (bicyclic) bond motifs is 1. The van der Waals surface area contributed by atoms with Crippen LogP contribution in [0.1, 0.15) is 56.2 Å². The Morgan fingerprint density at radius 3 is 2.62 bits per heavy atom. The molecule has 1 aromatic heterocycles. The van der Waals surface area contributed by atoms with Gasteiger partial charge < -0.3 is 19.9 Å². The van der Waals surface area contributed by atoms with E-state index in [1.165, 1.54) is 0 Å². The fraction of sp³-hybridized carbons (Fsp3) is 0.414. The lowest BCUT2D eigenvalue weighted by Gasteiger charge is -2.44. The van der Waals surface area contributed by atoms with Gasteiger partial charge in [0.25, 0.3) is 5.91 Å². The van der Waals surface area contributed by atoms with E-state index in [9.17, 15) is 9.59 Å². The van der Waals surface area contributed by atoms with E-state index in [0.717, 1.165) is 52.2 Å². The largest absolute Gasteiger partial charge is 0.444 e. The molecule has 2 aliphatic rings. The van der Waals surface area contributed by atoms with Crippen LogP contribution in [0.15, 0.2) is 53.1 Å². The molecule has 2 N–H and O–H groups in total. The van der Waals surface area contributed by atoms with Crippen molar-refractivity contribution in [1.82, 2.24) is 15.4 Å². The van der Waals surface area contributed by atoms with Crippen LogP contribution < -0.4 is 10.6 Å². The average Bonchev–Trinajstić information content (AvgIpc) is 3.33. The molecule has 1 fully saturated rings. The van der Waals surface area contributed by atoms with Crippen molar-refractivity contribution in [3.05, 3.63) is 71.1 Å². The fourth-order valence-electron chi connectivity index (χ4n) is 5.67. The van der Waals surface area contributed by atoms with Crippen LogP contribution in [-0.4, -0.2) is 46.8 Å². The minimum Gasteiger partial charge on any atom is -0.444 e. The number of piperidine rings is 1. The van der Waals surface area contributed by atoms with Crippen LogP contribution in [0.3, 0.4) is 0 Å². The van der Waals surface area contributed by atoms with Crippen molar-refractivity contribution in [2.75, 3.05) is 18.4 Å². The molecule has 8 heteroatoms. The SMILES string of the molecule is Cc1noc(C)c1-c1ccc2c(c1)C(c1ccccc1)(N1CCCC(NC(=O)OC(C)(C)C)C1)C(=O)N2. The topological polar surface area (TPSA) is 96.7 Å². The summed E-state index contributed by atoms with van der Waals surface area (Å²) in [7, 11) is 0. The molecule has 2 amide bonds. The van der Waals surface area contributed by atoms with Gasteiger partial charge >= 0.3 is 6.09 Å². The number of aryl methyl sites for hydroxylation is 2. The molecule has 37 heavy (non-hydrogen) atoms. The second kappa shape index (κ2) is 9.34. The van der Waals surface area contributed by atoms with E-state index in [-0.39, 0.29) is 11.9 Å². The van der Waals surface area contributed by atoms with Crippen molar-refractivity contribution >= 4 is 17.7 Å². The van der Waals surface area contributed by atoms with E-state index in [4.69, 9.17) is 9.26 Å². The van der Waals surface area contributed by atoms with Crippen LogP contribution in [0, 0.1) is 13.8 Å². The maximum absolute atomic E-state index is 14.0. The molecule has 0 aliphatic carbocycles. The Kier molecular flexibility index (Phi) is 6.31. The first kappa shape index (κ1) is 25.0. The Labute approximate surface area is 217 Å². The zero-order valence-electron chi connectivity index (χ0n) is 22.1. The second-order valence-corrected chi connectivity index (χ2v) is 10.9. The Balaban J connectivity index is 1.58. The van der Waals surface area contributed by atoms with Gasteiger partial charge in [0.05, 0.1) is 5.69 Å². The van der Waals surface area contributed by atoms with Crippen molar-refractivity contribution < 1.29 is 18.8 Å². The van der Waals surface area contributed by atoms with Gasteiger partial charge in [0.15, 0.2) is 5.54 Å². The van der Waals surface area contributed by atoms with Gasteiger partial charge in [-0.15, -0.1) is 0 Å². The summed E-state index contributed by atoms with van der Waals surface area (Å²) in [5, 5.41) is 10.3. The first-order chi connectivity index (χ1) is 17.6. The van der Waals surface area contributed by atoms with Gasteiger partial charge in [-0.05, 0) is 77.3 Å². The third kappa shape index (κ3) is 4.50. The first-order valence-electron chi connectivity index (χ1n) is 12.8. The van der Waals surface area contributed by atoms with E-state index in [1.54, 1.807) is 0 Å². The zero-order chi connectivity index (χ0) is 26.4. The first-order valence-corrected chi connectivity index (χ1v) is 12.8. The highest BCUT2D eigenvalue weighted by Gasteiger charge is 2.53. The predicted molar refractivity (Wildman–Crippen MR) is 141 cm³/mol. The van der Waals surface area contributed by atoms with Crippen molar-refractivity contribution in [2.24, 2.45) is 0 Å². The number of nitrogens with zero attached hydrogens (tertiary/aromatic N) is 2. The summed E-state index contributed by atoms with van der Waals surface area (Å²) in [6.45, 7) is 10.6. The van der Waals surface area contributed by atoms with Gasteiger partial charge in [-0.25, -0.2) is 4.79 Å². The van der Waals surface area contributed by atoms with Gasteiger partial charge in [-0.1, -0.05) is 41.6 Å². The minimum atomic E-state index is -1.04. The molecule has 2 aliphatic heterocycles. The molecule has 3 aromatic rings. The lowest BCUT2D eigenvalue weighted by molar-refractivity contribution is -0.126. The molecular formula is C29H34N4O4. The lowest BCUT2D eigenvalue weighted by Crippen LogP contribution is -2.59. The van der Waals surface area contributed by atoms with Crippen LogP contribution in [0.2, 0.25) is 0 Å². The highest BCUT2D eigenvalue weighted by atomic mass is 16.6. The van der Waals surface area contributed by atoms with Crippen LogP contribution in [0.5, 0.6) is 0 Å². The zero-order valence-corrected chi connectivity index (χ0v) is 22.1. The number of aromatic nitrogens is 1. The molecule has 1 saturated heterocycles. The molecule has 194 valence electrons.